The third-order valence-corrected chi connectivity index (χ3v) is 7.93. The largest absolute Gasteiger partial charge is 0.379 e. The van der Waals surface area contributed by atoms with E-state index in [1.807, 2.05) is 29.4 Å². The maximum absolute atomic E-state index is 13.2. The lowest BCUT2D eigenvalue weighted by atomic mass is 10.00. The standard InChI is InChI=1S/C26H26N8O3S/c27-22-20-16(4-2-5-17(20)26(36)33-34-9-11-37-12-10-34)23-21(22)24(32-31-23)25-18(30-14-35)13-15(38-25)3-1-6-19-28-7-8-29-19/h2,4-5,7-8,13-14,27H,1,3,6,9-12H2,(H,28,29)(H,30,35)(H,31,32)(H,33,36). The monoisotopic (exact) mass is 530 g/mol. The van der Waals surface area contributed by atoms with Crippen LogP contribution in [0.2, 0.25) is 0 Å². The van der Waals surface area contributed by atoms with Crippen LogP contribution in [0, 0.1) is 5.41 Å². The second-order valence-corrected chi connectivity index (χ2v) is 10.2. The van der Waals surface area contributed by atoms with Crippen molar-refractivity contribution in [3.05, 3.63) is 64.1 Å². The van der Waals surface area contributed by atoms with E-state index in [0.29, 0.717) is 66.5 Å². The second kappa shape index (κ2) is 10.3. The molecule has 3 aromatic heterocycles. The molecule has 1 aliphatic carbocycles. The molecule has 0 saturated carbocycles. The first-order valence-electron chi connectivity index (χ1n) is 12.4. The lowest BCUT2D eigenvalue weighted by Gasteiger charge is -2.27. The normalized spacial score (nSPS) is 14.8. The first-order chi connectivity index (χ1) is 18.6. The van der Waals surface area contributed by atoms with Gasteiger partial charge in [0.05, 0.1) is 46.3 Å². The van der Waals surface area contributed by atoms with E-state index in [1.54, 1.807) is 23.6 Å². The van der Waals surface area contributed by atoms with Gasteiger partial charge in [0.1, 0.15) is 11.5 Å². The number of carbonyl (C=O) groups excluding carboxylic acids is 2. The molecule has 0 radical (unpaired) electrons. The number of hydrogen-bond acceptors (Lipinski definition) is 8. The van der Waals surface area contributed by atoms with Crippen molar-refractivity contribution in [3.63, 3.8) is 0 Å². The molecule has 0 spiro atoms. The van der Waals surface area contributed by atoms with Gasteiger partial charge in [0.15, 0.2) is 0 Å². The highest BCUT2D eigenvalue weighted by Crippen LogP contribution is 2.45. The maximum Gasteiger partial charge on any atom is 0.266 e. The molecule has 0 bridgehead atoms. The van der Waals surface area contributed by atoms with Crippen LogP contribution in [0.5, 0.6) is 0 Å². The van der Waals surface area contributed by atoms with Gasteiger partial charge in [0, 0.05) is 47.9 Å². The molecule has 6 rings (SSSR count). The molecule has 1 fully saturated rings. The lowest BCUT2D eigenvalue weighted by molar-refractivity contribution is -0.105. The number of hydrazine groups is 1. The number of rotatable bonds is 9. The highest BCUT2D eigenvalue weighted by Gasteiger charge is 2.35. The predicted molar refractivity (Wildman–Crippen MR) is 143 cm³/mol. The fourth-order valence-electron chi connectivity index (χ4n) is 4.94. The van der Waals surface area contributed by atoms with Crippen molar-refractivity contribution in [2.24, 2.45) is 0 Å². The highest BCUT2D eigenvalue weighted by molar-refractivity contribution is 7.16. The Kier molecular flexibility index (Phi) is 6.58. The smallest absolute Gasteiger partial charge is 0.266 e. The molecular weight excluding hydrogens is 504 g/mol. The van der Waals surface area contributed by atoms with Crippen molar-refractivity contribution in [3.8, 4) is 21.8 Å². The van der Waals surface area contributed by atoms with Crippen LogP contribution in [0.25, 0.3) is 21.8 Å². The van der Waals surface area contributed by atoms with Crippen molar-refractivity contribution in [1.29, 1.82) is 5.41 Å². The zero-order chi connectivity index (χ0) is 26.1. The van der Waals surface area contributed by atoms with Gasteiger partial charge in [0.2, 0.25) is 6.41 Å². The number of H-pyrrole nitrogens is 2. The highest BCUT2D eigenvalue weighted by atomic mass is 32.1. The number of imidazole rings is 1. The Balaban J connectivity index is 1.29. The number of amides is 2. The maximum atomic E-state index is 13.2. The Labute approximate surface area is 222 Å². The van der Waals surface area contributed by atoms with Gasteiger partial charge in [-0.1, -0.05) is 12.1 Å². The SMILES string of the molecule is N=C1c2c(C(=O)NN3CCOCC3)cccc2-c2n[nH]c(-c3sc(CCCc4ncc[nH]4)cc3NC=O)c21. The molecule has 0 unspecified atom stereocenters. The molecule has 1 aromatic carbocycles. The first kappa shape index (κ1) is 24.2. The number of aromatic nitrogens is 4. The number of morpholine rings is 1. The van der Waals surface area contributed by atoms with E-state index in [2.05, 4.69) is 30.9 Å². The van der Waals surface area contributed by atoms with Crippen molar-refractivity contribution in [1.82, 2.24) is 30.6 Å². The average molecular weight is 531 g/mol. The summed E-state index contributed by atoms with van der Waals surface area (Å²) in [5.41, 5.74) is 7.49. The van der Waals surface area contributed by atoms with Gasteiger partial charge in [-0.3, -0.25) is 25.5 Å². The van der Waals surface area contributed by atoms with E-state index in [-0.39, 0.29) is 11.6 Å². The Morgan fingerprint density at radius 2 is 2.11 bits per heavy atom. The summed E-state index contributed by atoms with van der Waals surface area (Å²) in [4.78, 5) is 33.9. The van der Waals surface area contributed by atoms with E-state index in [4.69, 9.17) is 10.1 Å². The second-order valence-electron chi connectivity index (χ2n) is 9.07. The van der Waals surface area contributed by atoms with Crippen LogP contribution in [0.15, 0.2) is 36.7 Å². The van der Waals surface area contributed by atoms with Crippen LogP contribution >= 0.6 is 11.3 Å². The summed E-state index contributed by atoms with van der Waals surface area (Å²) < 4.78 is 5.36. The molecule has 0 atom stereocenters. The molecule has 1 saturated heterocycles. The molecule has 11 nitrogen and oxygen atoms in total. The zero-order valence-electron chi connectivity index (χ0n) is 20.5. The van der Waals surface area contributed by atoms with Gasteiger partial charge in [-0.25, -0.2) is 9.99 Å². The first-order valence-corrected chi connectivity index (χ1v) is 13.2. The Bertz CT molecular complexity index is 1500. The van der Waals surface area contributed by atoms with Crippen LogP contribution in [0.3, 0.4) is 0 Å². The third kappa shape index (κ3) is 4.42. The zero-order valence-corrected chi connectivity index (χ0v) is 21.3. The van der Waals surface area contributed by atoms with Gasteiger partial charge < -0.3 is 15.0 Å². The summed E-state index contributed by atoms with van der Waals surface area (Å²) in [7, 11) is 0. The fraction of sp³-hybridized carbons (Fsp3) is 0.269. The quantitative estimate of drug-likeness (QED) is 0.185. The molecule has 2 aliphatic rings. The summed E-state index contributed by atoms with van der Waals surface area (Å²) in [6, 6.07) is 7.40. The number of benzene rings is 1. The molecule has 194 valence electrons. The minimum Gasteiger partial charge on any atom is -0.379 e. The van der Waals surface area contributed by atoms with E-state index >= 15 is 0 Å². The van der Waals surface area contributed by atoms with Gasteiger partial charge in [0.25, 0.3) is 5.91 Å². The molecule has 2 amide bonds. The lowest BCUT2D eigenvalue weighted by Crippen LogP contribution is -2.48. The van der Waals surface area contributed by atoms with Gasteiger partial charge in [-0.2, -0.15) is 5.10 Å². The number of fused-ring (bicyclic) bond motifs is 3. The fourth-order valence-corrected chi connectivity index (χ4v) is 6.11. The Morgan fingerprint density at radius 1 is 1.24 bits per heavy atom. The molecule has 1 aliphatic heterocycles. The number of anilines is 1. The topological polar surface area (TPSA) is 152 Å². The predicted octanol–water partition coefficient (Wildman–Crippen LogP) is 2.98. The molecule has 4 aromatic rings. The van der Waals surface area contributed by atoms with Gasteiger partial charge in [-0.15, -0.1) is 11.3 Å². The molecule has 5 N–H and O–H groups in total. The van der Waals surface area contributed by atoms with E-state index in [9.17, 15) is 9.59 Å². The minimum absolute atomic E-state index is 0.233. The average Bonchev–Trinajstić information content (AvgIpc) is 3.72. The summed E-state index contributed by atoms with van der Waals surface area (Å²) in [6.07, 6.45) is 6.76. The number of thiophene rings is 1. The number of nitrogens with zero attached hydrogens (tertiary/aromatic N) is 3. The number of ether oxygens (including phenoxy) is 1. The van der Waals surface area contributed by atoms with E-state index in [1.165, 1.54) is 0 Å². The minimum atomic E-state index is -0.262. The van der Waals surface area contributed by atoms with Crippen LogP contribution in [0.1, 0.15) is 38.6 Å². The van der Waals surface area contributed by atoms with Crippen LogP contribution in [-0.2, 0) is 22.4 Å². The molecular formula is C26H26N8O3S. The number of aryl methyl sites for hydroxylation is 2. The van der Waals surface area contributed by atoms with Gasteiger partial charge >= 0.3 is 0 Å². The van der Waals surface area contributed by atoms with Gasteiger partial charge in [-0.05, 0) is 25.0 Å². The number of carbonyl (C=O) groups is 2. The van der Waals surface area contributed by atoms with E-state index in [0.717, 1.165) is 40.4 Å². The molecule has 38 heavy (non-hydrogen) atoms. The van der Waals surface area contributed by atoms with Crippen LogP contribution < -0.4 is 10.7 Å². The Hall–Kier alpha value is -4.13. The Morgan fingerprint density at radius 3 is 2.89 bits per heavy atom. The van der Waals surface area contributed by atoms with Crippen LogP contribution in [-0.4, -0.2) is 69.5 Å². The van der Waals surface area contributed by atoms with Crippen molar-refractivity contribution in [2.45, 2.75) is 19.3 Å². The summed E-state index contributed by atoms with van der Waals surface area (Å²) in [6.45, 7) is 2.34. The summed E-state index contributed by atoms with van der Waals surface area (Å²) in [5, 5.41) is 21.4. The van der Waals surface area contributed by atoms with Crippen molar-refractivity contribution in [2.75, 3.05) is 31.6 Å². The molecule has 12 heteroatoms. The molecule has 4 heterocycles. The van der Waals surface area contributed by atoms with Crippen LogP contribution in [0.4, 0.5) is 5.69 Å². The van der Waals surface area contributed by atoms with Crippen molar-refractivity contribution < 1.29 is 14.3 Å². The van der Waals surface area contributed by atoms with Crippen molar-refractivity contribution >= 4 is 35.1 Å². The summed E-state index contributed by atoms with van der Waals surface area (Å²) >= 11 is 1.56. The number of aromatic amines is 2. The third-order valence-electron chi connectivity index (χ3n) is 6.72. The number of nitrogens with one attached hydrogen (secondary N) is 5. The number of hydrogen-bond donors (Lipinski definition) is 5. The summed E-state index contributed by atoms with van der Waals surface area (Å²) in [5.74, 6) is 0.682. The van der Waals surface area contributed by atoms with E-state index < -0.39 is 0 Å².